The van der Waals surface area contributed by atoms with E-state index in [0.717, 1.165) is 24.3 Å². The first kappa shape index (κ1) is 22.1. The molecule has 4 aromatic rings. The molecule has 0 saturated heterocycles. The van der Waals surface area contributed by atoms with Gasteiger partial charge in [0.15, 0.2) is 11.9 Å². The lowest BCUT2D eigenvalue weighted by molar-refractivity contribution is -0.138. The van der Waals surface area contributed by atoms with E-state index in [1.54, 1.807) is 6.92 Å². The minimum Gasteiger partial charge on any atom is -0.382 e. The smallest absolute Gasteiger partial charge is 0.382 e. The second kappa shape index (κ2) is 8.13. The van der Waals surface area contributed by atoms with E-state index in [2.05, 4.69) is 20.4 Å². The number of nitrogens with zero attached hydrogens (tertiary/aromatic N) is 4. The largest absolute Gasteiger partial charge is 0.416 e. The van der Waals surface area contributed by atoms with Crippen LogP contribution in [0.5, 0.6) is 0 Å². The van der Waals surface area contributed by atoms with Crippen LogP contribution in [-0.2, 0) is 11.0 Å². The van der Waals surface area contributed by atoms with Crippen molar-refractivity contribution in [3.05, 3.63) is 71.4 Å². The fourth-order valence-electron chi connectivity index (χ4n) is 3.27. The number of benzene rings is 2. The molecule has 2 heterocycles. The van der Waals surface area contributed by atoms with Gasteiger partial charge in [-0.25, -0.2) is 19.0 Å². The average Bonchev–Trinajstić information content (AvgIpc) is 3.12. The fourth-order valence-corrected chi connectivity index (χ4v) is 3.27. The van der Waals surface area contributed by atoms with Gasteiger partial charge < -0.3 is 16.2 Å². The number of nitrogens with one attached hydrogen (secondary N) is 1. The number of carbonyl (C=O) groups excluding carboxylic acids is 1. The average molecular weight is 460 g/mol. The minimum atomic E-state index is -4.64. The number of aromatic nitrogens is 4. The normalized spacial score (nSPS) is 12.7. The van der Waals surface area contributed by atoms with Crippen molar-refractivity contribution < 1.29 is 27.5 Å². The molecule has 0 aliphatic rings. The lowest BCUT2D eigenvalue weighted by Gasteiger charge is -2.15. The number of hydrogen-bond donors (Lipinski definition) is 3. The lowest BCUT2D eigenvalue weighted by atomic mass is 10.0. The summed E-state index contributed by atoms with van der Waals surface area (Å²) in [6.07, 6.45) is -5.30. The number of aryl methyl sites for hydroxylation is 1. The van der Waals surface area contributed by atoms with Crippen LogP contribution in [0.4, 0.5) is 29.1 Å². The molecule has 12 heteroatoms. The second-order valence-electron chi connectivity index (χ2n) is 7.13. The lowest BCUT2D eigenvalue weighted by Crippen LogP contribution is -2.22. The summed E-state index contributed by atoms with van der Waals surface area (Å²) < 4.78 is 54.7. The summed E-state index contributed by atoms with van der Waals surface area (Å²) in [4.78, 5) is 20.4. The van der Waals surface area contributed by atoms with Crippen molar-refractivity contribution in [3.63, 3.8) is 0 Å². The summed E-state index contributed by atoms with van der Waals surface area (Å²) in [5, 5.41) is 16.6. The van der Waals surface area contributed by atoms with E-state index in [0.29, 0.717) is 22.8 Å². The molecule has 2 aromatic heterocycles. The standard InChI is InChI=1S/C21H16F4N6O2/c1-10-16-17(19(26)28-9-27-16)31(30-10)13-5-6-15(14(22)8-13)29-20(33)18(32)11-3-2-4-12(7-11)21(23,24)25/h2-9,18,32H,1H3,(H,29,33)(H2,26,27,28). The van der Waals surface area contributed by atoms with Crippen LogP contribution >= 0.6 is 0 Å². The maximum absolute atomic E-state index is 14.7. The summed E-state index contributed by atoms with van der Waals surface area (Å²) in [5.74, 6) is -1.82. The topological polar surface area (TPSA) is 119 Å². The van der Waals surface area contributed by atoms with Crippen molar-refractivity contribution in [2.45, 2.75) is 19.2 Å². The first-order valence-corrected chi connectivity index (χ1v) is 9.48. The summed E-state index contributed by atoms with van der Waals surface area (Å²) in [5.41, 5.74) is 6.00. The van der Waals surface area contributed by atoms with Crippen LogP contribution in [0.25, 0.3) is 16.7 Å². The highest BCUT2D eigenvalue weighted by molar-refractivity contribution is 5.95. The zero-order chi connectivity index (χ0) is 23.9. The van der Waals surface area contributed by atoms with Crippen molar-refractivity contribution in [1.82, 2.24) is 19.7 Å². The molecule has 0 bridgehead atoms. The molecule has 0 fully saturated rings. The second-order valence-corrected chi connectivity index (χ2v) is 7.13. The zero-order valence-electron chi connectivity index (χ0n) is 16.9. The third-order valence-electron chi connectivity index (χ3n) is 4.89. The third-order valence-corrected chi connectivity index (χ3v) is 4.89. The number of aliphatic hydroxyl groups excluding tert-OH is 1. The van der Waals surface area contributed by atoms with Gasteiger partial charge in [0.2, 0.25) is 0 Å². The van der Waals surface area contributed by atoms with Gasteiger partial charge >= 0.3 is 6.18 Å². The molecule has 1 amide bonds. The summed E-state index contributed by atoms with van der Waals surface area (Å²) in [7, 11) is 0. The molecule has 1 unspecified atom stereocenters. The molecule has 0 spiro atoms. The molecule has 8 nitrogen and oxygen atoms in total. The number of nitrogen functional groups attached to an aromatic ring is 1. The number of anilines is 2. The highest BCUT2D eigenvalue weighted by Crippen LogP contribution is 2.31. The van der Waals surface area contributed by atoms with Crippen LogP contribution in [0, 0.1) is 12.7 Å². The van der Waals surface area contributed by atoms with E-state index in [4.69, 9.17) is 5.73 Å². The Bertz CT molecular complexity index is 1370. The van der Waals surface area contributed by atoms with E-state index in [-0.39, 0.29) is 22.8 Å². The van der Waals surface area contributed by atoms with E-state index < -0.39 is 29.6 Å². The zero-order valence-corrected chi connectivity index (χ0v) is 16.9. The Morgan fingerprint density at radius 3 is 2.64 bits per heavy atom. The molecule has 170 valence electrons. The first-order valence-electron chi connectivity index (χ1n) is 9.48. The predicted octanol–water partition coefficient (Wildman–Crippen LogP) is 3.54. The number of rotatable bonds is 4. The van der Waals surface area contributed by atoms with Gasteiger partial charge in [0.1, 0.15) is 23.2 Å². The number of hydrogen-bond acceptors (Lipinski definition) is 6. The molecule has 2 aromatic carbocycles. The maximum Gasteiger partial charge on any atom is 0.416 e. The monoisotopic (exact) mass is 460 g/mol. The van der Waals surface area contributed by atoms with E-state index in [9.17, 15) is 27.5 Å². The molecule has 4 rings (SSSR count). The summed E-state index contributed by atoms with van der Waals surface area (Å²) in [6, 6.07) is 7.43. The Balaban J connectivity index is 1.59. The number of fused-ring (bicyclic) bond motifs is 1. The summed E-state index contributed by atoms with van der Waals surface area (Å²) >= 11 is 0. The van der Waals surface area contributed by atoms with E-state index in [1.165, 1.54) is 23.1 Å². The highest BCUT2D eigenvalue weighted by Gasteiger charge is 2.31. The Hall–Kier alpha value is -4.06. The van der Waals surface area contributed by atoms with Gasteiger partial charge in [-0.05, 0) is 36.8 Å². The van der Waals surface area contributed by atoms with Gasteiger partial charge in [0.05, 0.1) is 22.6 Å². The molecular formula is C21H16F4N6O2. The Morgan fingerprint density at radius 1 is 1.18 bits per heavy atom. The number of aliphatic hydroxyl groups is 1. The highest BCUT2D eigenvalue weighted by atomic mass is 19.4. The van der Waals surface area contributed by atoms with Gasteiger partial charge in [0, 0.05) is 6.07 Å². The van der Waals surface area contributed by atoms with Crippen LogP contribution in [0.15, 0.2) is 48.8 Å². The van der Waals surface area contributed by atoms with E-state index in [1.807, 2.05) is 0 Å². The van der Waals surface area contributed by atoms with Crippen molar-refractivity contribution in [2.75, 3.05) is 11.1 Å². The van der Waals surface area contributed by atoms with Crippen molar-refractivity contribution in [2.24, 2.45) is 0 Å². The SMILES string of the molecule is Cc1nn(-c2ccc(NC(=O)C(O)c3cccc(C(F)(F)F)c3)c(F)c2)c2c(N)ncnc12. The van der Waals surface area contributed by atoms with Crippen molar-refractivity contribution in [3.8, 4) is 5.69 Å². The van der Waals surface area contributed by atoms with Crippen LogP contribution < -0.4 is 11.1 Å². The maximum atomic E-state index is 14.7. The van der Waals surface area contributed by atoms with Gasteiger partial charge in [-0.1, -0.05) is 12.1 Å². The fraction of sp³-hybridized carbons (Fsp3) is 0.143. The summed E-state index contributed by atoms with van der Waals surface area (Å²) in [6.45, 7) is 1.70. The molecule has 0 aliphatic carbocycles. The Morgan fingerprint density at radius 2 is 1.94 bits per heavy atom. The van der Waals surface area contributed by atoms with Gasteiger partial charge in [0.25, 0.3) is 5.91 Å². The predicted molar refractivity (Wildman–Crippen MR) is 111 cm³/mol. The minimum absolute atomic E-state index is 0.141. The molecule has 33 heavy (non-hydrogen) atoms. The van der Waals surface area contributed by atoms with Crippen LogP contribution in [0.1, 0.15) is 22.9 Å². The molecule has 1 atom stereocenters. The molecule has 0 saturated carbocycles. The van der Waals surface area contributed by atoms with Crippen LogP contribution in [0.3, 0.4) is 0 Å². The van der Waals surface area contributed by atoms with Gasteiger partial charge in [-0.15, -0.1) is 0 Å². The van der Waals surface area contributed by atoms with E-state index >= 15 is 0 Å². The van der Waals surface area contributed by atoms with Crippen LogP contribution in [-0.4, -0.2) is 30.8 Å². The number of carbonyl (C=O) groups is 1. The van der Waals surface area contributed by atoms with Crippen molar-refractivity contribution in [1.29, 1.82) is 0 Å². The molecule has 0 radical (unpaired) electrons. The number of nitrogens with two attached hydrogens (primary N) is 1. The quantitative estimate of drug-likeness (QED) is 0.401. The third kappa shape index (κ3) is 4.20. The number of alkyl halides is 3. The Kier molecular flexibility index (Phi) is 5.46. The van der Waals surface area contributed by atoms with Crippen molar-refractivity contribution >= 4 is 28.4 Å². The molecular weight excluding hydrogens is 444 g/mol. The number of halogens is 4. The Labute approximate surface area is 183 Å². The first-order chi connectivity index (χ1) is 15.6. The molecule has 0 aliphatic heterocycles. The number of amides is 1. The van der Waals surface area contributed by atoms with Crippen LogP contribution in [0.2, 0.25) is 0 Å². The molecule has 4 N–H and O–H groups in total. The van der Waals surface area contributed by atoms with Gasteiger partial charge in [-0.3, -0.25) is 4.79 Å². The van der Waals surface area contributed by atoms with Gasteiger partial charge in [-0.2, -0.15) is 18.3 Å².